The Kier molecular flexibility index (Phi) is 17.2. The summed E-state index contributed by atoms with van der Waals surface area (Å²) in [6.07, 6.45) is -0.328. The number of nitrogens with one attached hydrogen (secondary N) is 1. The van der Waals surface area contributed by atoms with E-state index in [1.165, 1.54) is 50.2 Å². The summed E-state index contributed by atoms with van der Waals surface area (Å²) in [5, 5.41) is 49.8. The van der Waals surface area contributed by atoms with Crippen LogP contribution in [-0.2, 0) is 55.4 Å². The molecule has 0 aliphatic carbocycles. The summed E-state index contributed by atoms with van der Waals surface area (Å²) in [6, 6.07) is 14.1. The number of thiazole rings is 1. The number of carbonyl (C=O) groups is 1. The topological polar surface area (TPSA) is 459 Å². The van der Waals surface area contributed by atoms with Crippen LogP contribution < -0.4 is 10.1 Å². The van der Waals surface area contributed by atoms with Gasteiger partial charge in [-0.25, -0.2) is 9.97 Å². The predicted octanol–water partition coefficient (Wildman–Crippen LogP) is 10.1. The number of pyridine rings is 1. The van der Waals surface area contributed by atoms with Crippen molar-refractivity contribution < 1.29 is 79.5 Å². The maximum atomic E-state index is 12.6. The number of rotatable bonds is 20. The van der Waals surface area contributed by atoms with E-state index in [1.54, 1.807) is 6.92 Å². The van der Waals surface area contributed by atoms with E-state index in [2.05, 4.69) is 46.0 Å². The number of hydrogen-bond acceptors (Lipinski definition) is 24. The normalized spacial score (nSPS) is 13.0. The largest absolute Gasteiger partial charge is 0.493 e. The number of halogens is 1. The van der Waals surface area contributed by atoms with Crippen molar-refractivity contribution >= 4 is 168 Å². The van der Waals surface area contributed by atoms with E-state index < -0.39 is 99.1 Å². The molecule has 0 bridgehead atoms. The molecule has 0 aliphatic rings. The lowest BCUT2D eigenvalue weighted by Crippen LogP contribution is -2.08. The van der Waals surface area contributed by atoms with Gasteiger partial charge in [0, 0.05) is 28.8 Å². The molecule has 82 heavy (non-hydrogen) atoms. The van der Waals surface area contributed by atoms with Crippen molar-refractivity contribution in [2.45, 2.75) is 53.2 Å². The molecule has 8 aromatic rings. The molecule has 0 unspecified atom stereocenters. The summed E-state index contributed by atoms with van der Waals surface area (Å²) in [5.74, 6) is -2.86. The monoisotopic (exact) mass is 1280 g/mol. The molecule has 8 rings (SSSR count). The zero-order valence-electron chi connectivity index (χ0n) is 41.8. The molecule has 37 heteroatoms. The van der Waals surface area contributed by atoms with Gasteiger partial charge in [0.05, 0.1) is 55.1 Å². The highest BCUT2D eigenvalue weighted by atomic mass is 35.5. The molecule has 430 valence electrons. The minimum Gasteiger partial charge on any atom is -0.493 e. The van der Waals surface area contributed by atoms with Crippen LogP contribution in [-0.4, -0.2) is 114 Å². The number of nitriles is 1. The lowest BCUT2D eigenvalue weighted by atomic mass is 10.1. The first-order valence-electron chi connectivity index (χ1n) is 22.8. The van der Waals surface area contributed by atoms with E-state index in [0.29, 0.717) is 5.56 Å². The van der Waals surface area contributed by atoms with Crippen molar-refractivity contribution in [1.82, 2.24) is 14.4 Å². The van der Waals surface area contributed by atoms with Crippen molar-refractivity contribution in [3.8, 4) is 17.7 Å². The third-order valence-corrected chi connectivity index (χ3v) is 18.3. The smallest absolute Gasteiger partial charge is 0.298 e. The van der Waals surface area contributed by atoms with Gasteiger partial charge in [0.2, 0.25) is 16.9 Å². The van der Waals surface area contributed by atoms with Crippen LogP contribution in [0.25, 0.3) is 37.7 Å². The molecule has 3 heterocycles. The van der Waals surface area contributed by atoms with Gasteiger partial charge in [0.15, 0.2) is 11.3 Å². The number of carbonyl (C=O) groups excluding carboxylic acids is 1. The van der Waals surface area contributed by atoms with Crippen LogP contribution in [0.3, 0.4) is 0 Å². The molecule has 0 fully saturated rings. The van der Waals surface area contributed by atoms with Crippen LogP contribution in [0.4, 0.5) is 39.3 Å². The minimum atomic E-state index is -5.07. The number of nitrogens with zero attached hydrogens (tertiary/aromatic N) is 10. The van der Waals surface area contributed by atoms with Gasteiger partial charge in [-0.1, -0.05) is 29.0 Å². The average molecular weight is 1280 g/mol. The molecule has 0 saturated carbocycles. The molecular formula is C45H38ClN11O18S7. The van der Waals surface area contributed by atoms with Crippen LogP contribution in [0, 0.1) is 25.2 Å². The SMILES string of the molecule is CC(=O)Nc1cc(N=Nc2cc(OCCCS(=O)(=O)O)c(N=Nc3c(C)c(C#N)c4nc5ccc(Cl)c(S(=O)(=O)O)c5n4c3O)cc2C)c(SCCCS(=O)(=O)O)cc1N=Nc1nc2c(S(=O)(=O)O)cc3cc(S(=O)(=O)O)ccc3c2s1. The summed E-state index contributed by atoms with van der Waals surface area (Å²) in [7, 11) is -23.6. The number of fused-ring (bicyclic) bond motifs is 6. The molecule has 3 aromatic heterocycles. The fraction of sp³-hybridized carbons (Fsp3) is 0.200. The third kappa shape index (κ3) is 13.6. The van der Waals surface area contributed by atoms with Gasteiger partial charge in [-0.2, -0.15) is 52.5 Å². The molecular weight excluding hydrogens is 1240 g/mol. The van der Waals surface area contributed by atoms with Crippen molar-refractivity contribution in [3.63, 3.8) is 0 Å². The zero-order valence-corrected chi connectivity index (χ0v) is 48.3. The molecule has 7 N–H and O–H groups in total. The van der Waals surface area contributed by atoms with Crippen LogP contribution >= 0.6 is 34.7 Å². The van der Waals surface area contributed by atoms with E-state index in [0.717, 1.165) is 51.8 Å². The number of amides is 1. The van der Waals surface area contributed by atoms with Gasteiger partial charge in [0.25, 0.3) is 50.6 Å². The fourth-order valence-corrected chi connectivity index (χ4v) is 13.4. The molecule has 0 aliphatic heterocycles. The van der Waals surface area contributed by atoms with Crippen LogP contribution in [0.1, 0.15) is 36.5 Å². The Morgan fingerprint density at radius 3 is 2.10 bits per heavy atom. The lowest BCUT2D eigenvalue weighted by molar-refractivity contribution is -0.114. The Morgan fingerprint density at radius 1 is 0.780 bits per heavy atom. The second-order valence-corrected chi connectivity index (χ2v) is 27.2. The van der Waals surface area contributed by atoms with Crippen LogP contribution in [0.15, 0.2) is 111 Å². The Morgan fingerprint density at radius 2 is 1.45 bits per heavy atom. The Labute approximate surface area is 477 Å². The summed E-state index contributed by atoms with van der Waals surface area (Å²) < 4.78 is 176. The molecule has 5 aromatic carbocycles. The summed E-state index contributed by atoms with van der Waals surface area (Å²) in [5.41, 5.74) is -1.36. The maximum absolute atomic E-state index is 12.6. The van der Waals surface area contributed by atoms with Crippen LogP contribution in [0.2, 0.25) is 5.02 Å². The fourth-order valence-electron chi connectivity index (χ4n) is 7.92. The third-order valence-electron chi connectivity index (χ3n) is 11.5. The van der Waals surface area contributed by atoms with Crippen molar-refractivity contribution in [2.24, 2.45) is 30.7 Å². The zero-order chi connectivity index (χ0) is 60.0. The average Bonchev–Trinajstić information content (AvgIpc) is 2.17. The van der Waals surface area contributed by atoms with E-state index in [1.807, 2.05) is 6.07 Å². The van der Waals surface area contributed by atoms with Gasteiger partial charge >= 0.3 is 0 Å². The highest BCUT2D eigenvalue weighted by Gasteiger charge is 2.28. The Hall–Kier alpha value is -7.25. The highest BCUT2D eigenvalue weighted by molar-refractivity contribution is 7.99. The van der Waals surface area contributed by atoms with E-state index in [-0.39, 0.29) is 118 Å². The number of benzene rings is 5. The van der Waals surface area contributed by atoms with E-state index in [4.69, 9.17) is 16.3 Å². The number of anilines is 1. The number of azo groups is 3. The number of hydrogen-bond donors (Lipinski definition) is 7. The number of aromatic nitrogens is 3. The molecule has 1 amide bonds. The van der Waals surface area contributed by atoms with Crippen molar-refractivity contribution in [1.29, 1.82) is 5.26 Å². The second-order valence-electron chi connectivity index (χ2n) is 17.4. The van der Waals surface area contributed by atoms with E-state index in [9.17, 15) is 80.0 Å². The number of aryl methyl sites for hydroxylation is 1. The molecule has 0 radical (unpaired) electrons. The number of aromatic hydroxyl groups is 1. The van der Waals surface area contributed by atoms with Gasteiger partial charge < -0.3 is 15.2 Å². The van der Waals surface area contributed by atoms with Crippen molar-refractivity contribution in [2.75, 3.05) is 29.2 Å². The molecule has 29 nitrogen and oxygen atoms in total. The lowest BCUT2D eigenvalue weighted by Gasteiger charge is -2.13. The van der Waals surface area contributed by atoms with Gasteiger partial charge in [-0.3, -0.25) is 32.0 Å². The van der Waals surface area contributed by atoms with Crippen LogP contribution in [0.5, 0.6) is 11.6 Å². The quantitative estimate of drug-likeness (QED) is 0.0161. The molecule has 0 saturated heterocycles. The predicted molar refractivity (Wildman–Crippen MR) is 298 cm³/mol. The number of ether oxygens (including phenoxy) is 1. The first-order chi connectivity index (χ1) is 38.2. The number of thioether (sulfide) groups is 1. The minimum absolute atomic E-state index is 0.0116. The summed E-state index contributed by atoms with van der Waals surface area (Å²) in [4.78, 5) is 19.3. The number of imidazole rings is 1. The summed E-state index contributed by atoms with van der Waals surface area (Å²) in [6.45, 7) is 3.75. The van der Waals surface area contributed by atoms with Gasteiger partial charge in [0.1, 0.15) is 49.8 Å². The first-order valence-corrected chi connectivity index (χ1v) is 32.5. The van der Waals surface area contributed by atoms with Gasteiger partial charge in [-0.05, 0) is 91.9 Å². The molecule has 0 spiro atoms. The Bertz CT molecular complexity index is 4760. The summed E-state index contributed by atoms with van der Waals surface area (Å²) >= 11 is 7.98. The van der Waals surface area contributed by atoms with E-state index >= 15 is 0 Å². The van der Waals surface area contributed by atoms with Crippen molar-refractivity contribution in [3.05, 3.63) is 82.4 Å². The highest BCUT2D eigenvalue weighted by Crippen LogP contribution is 2.46. The Balaban J connectivity index is 1.22. The van der Waals surface area contributed by atoms with Gasteiger partial charge in [-0.15, -0.1) is 37.3 Å². The molecule has 0 atom stereocenters. The standard InChI is InChI=1S/C45H38ClN11O18S7/c1-21-14-33(53-55-38-22(2)27(20-47)43-49-29-9-8-28(46)42(82(72,73)74)40(29)57(43)44(38)59)35(75-10-4-12-78(60,61)62)18-30(21)51-54-34-17-31(48-23(3)58)32(19-36(34)76-11-5-13-79(63,64)65)52-56-45-50-39-37(81(69,70)71)16-24-15-25(80(66,67)68)6-7-26(24)41(39)77-45/h6-9,14-19,59H,4-5,10-13H2,1-3H3,(H,48,58)(H,60,61,62)(H,63,64,65)(H,66,67,68)(H,69,70,71)(H,72,73,74). The maximum Gasteiger partial charge on any atom is 0.298 e. The second kappa shape index (κ2) is 23.2. The first kappa shape index (κ1) is 60.8.